The minimum absolute atomic E-state index is 0.0316. The van der Waals surface area contributed by atoms with Gasteiger partial charge in [-0.05, 0) is 24.5 Å². The number of rotatable bonds is 7. The molecule has 2 N–H and O–H groups in total. The van der Waals surface area contributed by atoms with Crippen molar-refractivity contribution in [1.29, 1.82) is 0 Å². The maximum atomic E-state index is 13.5. The van der Waals surface area contributed by atoms with E-state index in [2.05, 4.69) is 5.32 Å². The first-order chi connectivity index (χ1) is 9.86. The molecule has 2 atom stereocenters. The summed E-state index contributed by atoms with van der Waals surface area (Å²) in [5, 5.41) is 11.5. The van der Waals surface area contributed by atoms with Crippen LogP contribution < -0.4 is 10.1 Å². The molecule has 0 saturated heterocycles. The Morgan fingerprint density at radius 2 is 1.95 bits per heavy atom. The fourth-order valence-corrected chi connectivity index (χ4v) is 1.78. The van der Waals surface area contributed by atoms with Crippen LogP contribution in [-0.2, 0) is 9.59 Å². The number of amides is 1. The Bertz CT molecular complexity index is 504. The molecule has 116 valence electrons. The van der Waals surface area contributed by atoms with Crippen molar-refractivity contribution in [2.24, 2.45) is 5.92 Å². The summed E-state index contributed by atoms with van der Waals surface area (Å²) in [5.41, 5.74) is 0. The maximum Gasteiger partial charge on any atom is 0.326 e. The fourth-order valence-electron chi connectivity index (χ4n) is 1.78. The van der Waals surface area contributed by atoms with E-state index in [1.165, 1.54) is 18.2 Å². The standard InChI is InChI=1S/C15H20FNO4/c1-4-11(21-12-8-6-5-7-10(12)16)14(18)17-13(9(2)3)15(19)20/h5-9,11,13H,4H2,1-3H3,(H,17,18)(H,19,20). The summed E-state index contributed by atoms with van der Waals surface area (Å²) in [6.07, 6.45) is -0.646. The van der Waals surface area contributed by atoms with E-state index >= 15 is 0 Å². The first kappa shape index (κ1) is 16.9. The van der Waals surface area contributed by atoms with Crippen molar-refractivity contribution in [2.45, 2.75) is 39.3 Å². The van der Waals surface area contributed by atoms with Gasteiger partial charge in [0.2, 0.25) is 0 Å². The molecule has 0 aliphatic carbocycles. The number of carboxylic acid groups (broad SMARTS) is 1. The van der Waals surface area contributed by atoms with Crippen molar-refractivity contribution >= 4 is 11.9 Å². The molecule has 1 aromatic carbocycles. The van der Waals surface area contributed by atoms with Crippen molar-refractivity contribution in [3.05, 3.63) is 30.1 Å². The van der Waals surface area contributed by atoms with Crippen LogP contribution in [0, 0.1) is 11.7 Å². The number of ether oxygens (including phenoxy) is 1. The van der Waals surface area contributed by atoms with Crippen LogP contribution in [0.25, 0.3) is 0 Å². The highest BCUT2D eigenvalue weighted by Gasteiger charge is 2.28. The van der Waals surface area contributed by atoms with Crippen LogP contribution in [0.3, 0.4) is 0 Å². The average molecular weight is 297 g/mol. The SMILES string of the molecule is CCC(Oc1ccccc1F)C(=O)NC(C(=O)O)C(C)C. The second-order valence-electron chi connectivity index (χ2n) is 5.01. The third-order valence-corrected chi connectivity index (χ3v) is 3.00. The molecule has 1 amide bonds. The van der Waals surface area contributed by atoms with Gasteiger partial charge >= 0.3 is 5.97 Å². The van der Waals surface area contributed by atoms with Crippen LogP contribution in [0.15, 0.2) is 24.3 Å². The van der Waals surface area contributed by atoms with E-state index in [4.69, 9.17) is 9.84 Å². The Morgan fingerprint density at radius 1 is 1.33 bits per heavy atom. The second kappa shape index (κ2) is 7.61. The molecular formula is C15H20FNO4. The third-order valence-electron chi connectivity index (χ3n) is 3.00. The number of hydrogen-bond donors (Lipinski definition) is 2. The molecule has 1 aromatic rings. The summed E-state index contributed by atoms with van der Waals surface area (Å²) in [7, 11) is 0. The zero-order valence-electron chi connectivity index (χ0n) is 12.3. The lowest BCUT2D eigenvalue weighted by Crippen LogP contribution is -2.49. The fraction of sp³-hybridized carbons (Fsp3) is 0.467. The van der Waals surface area contributed by atoms with Gasteiger partial charge in [0.25, 0.3) is 5.91 Å². The molecule has 0 aliphatic heterocycles. The molecule has 0 fully saturated rings. The highest BCUT2D eigenvalue weighted by Crippen LogP contribution is 2.18. The Balaban J connectivity index is 2.78. The minimum Gasteiger partial charge on any atom is -0.480 e. The number of hydrogen-bond acceptors (Lipinski definition) is 3. The molecule has 0 aliphatic rings. The van der Waals surface area contributed by atoms with Gasteiger partial charge in [-0.1, -0.05) is 32.9 Å². The molecule has 5 nitrogen and oxygen atoms in total. The quantitative estimate of drug-likeness (QED) is 0.809. The van der Waals surface area contributed by atoms with Gasteiger partial charge in [0, 0.05) is 0 Å². The summed E-state index contributed by atoms with van der Waals surface area (Å²) in [6, 6.07) is 4.76. The monoisotopic (exact) mass is 297 g/mol. The molecule has 0 heterocycles. The number of halogens is 1. The summed E-state index contributed by atoms with van der Waals surface area (Å²) < 4.78 is 18.9. The van der Waals surface area contributed by atoms with Crippen LogP contribution in [0.1, 0.15) is 27.2 Å². The molecule has 6 heteroatoms. The van der Waals surface area contributed by atoms with Crippen molar-refractivity contribution < 1.29 is 23.8 Å². The van der Waals surface area contributed by atoms with Crippen molar-refractivity contribution in [2.75, 3.05) is 0 Å². The average Bonchev–Trinajstić information content (AvgIpc) is 2.42. The molecule has 1 rings (SSSR count). The molecule has 2 unspecified atom stereocenters. The molecule has 0 bridgehead atoms. The van der Waals surface area contributed by atoms with Crippen LogP contribution in [0.4, 0.5) is 4.39 Å². The lowest BCUT2D eigenvalue weighted by molar-refractivity contribution is -0.144. The van der Waals surface area contributed by atoms with Gasteiger partial charge in [-0.3, -0.25) is 4.79 Å². The summed E-state index contributed by atoms with van der Waals surface area (Å²) >= 11 is 0. The van der Waals surface area contributed by atoms with Crippen LogP contribution >= 0.6 is 0 Å². The van der Waals surface area contributed by atoms with E-state index in [9.17, 15) is 14.0 Å². The van der Waals surface area contributed by atoms with Crippen molar-refractivity contribution in [3.63, 3.8) is 0 Å². The van der Waals surface area contributed by atoms with Gasteiger partial charge in [-0.15, -0.1) is 0 Å². The summed E-state index contributed by atoms with van der Waals surface area (Å²) in [6.45, 7) is 5.09. The summed E-state index contributed by atoms with van der Waals surface area (Å²) in [5.74, 6) is -2.54. The van der Waals surface area contributed by atoms with Crippen molar-refractivity contribution in [3.8, 4) is 5.75 Å². The van der Waals surface area contributed by atoms with Crippen LogP contribution in [0.2, 0.25) is 0 Å². The minimum atomic E-state index is -1.11. The zero-order chi connectivity index (χ0) is 16.0. The van der Waals surface area contributed by atoms with Gasteiger partial charge < -0.3 is 15.2 Å². The Labute approximate surface area is 123 Å². The number of nitrogens with one attached hydrogen (secondary N) is 1. The van der Waals surface area contributed by atoms with Crippen molar-refractivity contribution in [1.82, 2.24) is 5.32 Å². The van der Waals surface area contributed by atoms with Gasteiger partial charge in [0.15, 0.2) is 17.7 Å². The topological polar surface area (TPSA) is 75.6 Å². The number of carbonyl (C=O) groups excluding carboxylic acids is 1. The van der Waals surface area contributed by atoms with E-state index in [0.29, 0.717) is 6.42 Å². The number of aliphatic carboxylic acids is 1. The van der Waals surface area contributed by atoms with E-state index < -0.39 is 29.8 Å². The molecule has 0 aromatic heterocycles. The first-order valence-electron chi connectivity index (χ1n) is 6.81. The Kier molecular flexibility index (Phi) is 6.14. The zero-order valence-corrected chi connectivity index (χ0v) is 12.3. The molecule has 0 radical (unpaired) electrons. The second-order valence-corrected chi connectivity index (χ2v) is 5.01. The van der Waals surface area contributed by atoms with Gasteiger partial charge in [-0.25, -0.2) is 9.18 Å². The first-order valence-corrected chi connectivity index (χ1v) is 6.81. The number of carboxylic acids is 1. The van der Waals surface area contributed by atoms with E-state index in [0.717, 1.165) is 0 Å². The predicted octanol–water partition coefficient (Wildman–Crippen LogP) is 2.21. The Hall–Kier alpha value is -2.11. The highest BCUT2D eigenvalue weighted by molar-refractivity contribution is 5.86. The van der Waals surface area contributed by atoms with Gasteiger partial charge in [0.1, 0.15) is 6.04 Å². The third kappa shape index (κ3) is 4.73. The van der Waals surface area contributed by atoms with Crippen LogP contribution in [-0.4, -0.2) is 29.1 Å². The number of para-hydroxylation sites is 1. The van der Waals surface area contributed by atoms with E-state index in [1.54, 1.807) is 26.8 Å². The number of carbonyl (C=O) groups is 2. The lowest BCUT2D eigenvalue weighted by atomic mass is 10.0. The van der Waals surface area contributed by atoms with Crippen LogP contribution in [0.5, 0.6) is 5.75 Å². The predicted molar refractivity (Wildman–Crippen MR) is 75.5 cm³/mol. The molecule has 0 saturated carbocycles. The largest absolute Gasteiger partial charge is 0.480 e. The summed E-state index contributed by atoms with van der Waals surface area (Å²) in [4.78, 5) is 23.2. The van der Waals surface area contributed by atoms with E-state index in [-0.39, 0.29) is 11.7 Å². The molecule has 0 spiro atoms. The lowest BCUT2D eigenvalue weighted by Gasteiger charge is -2.22. The maximum absolute atomic E-state index is 13.5. The normalized spacial score (nSPS) is 13.6. The van der Waals surface area contributed by atoms with E-state index in [1.807, 2.05) is 0 Å². The van der Waals surface area contributed by atoms with Gasteiger partial charge in [0.05, 0.1) is 0 Å². The Morgan fingerprint density at radius 3 is 2.43 bits per heavy atom. The number of benzene rings is 1. The van der Waals surface area contributed by atoms with Gasteiger partial charge in [-0.2, -0.15) is 0 Å². The molecule has 21 heavy (non-hydrogen) atoms. The molecular weight excluding hydrogens is 277 g/mol. The smallest absolute Gasteiger partial charge is 0.326 e. The highest BCUT2D eigenvalue weighted by atomic mass is 19.1.